The molecule has 0 spiro atoms. The highest BCUT2D eigenvalue weighted by Crippen LogP contribution is 2.15. The normalized spacial score (nSPS) is 20.9. The third kappa shape index (κ3) is 1.32. The van der Waals surface area contributed by atoms with Gasteiger partial charge in [-0.2, -0.15) is 0 Å². The summed E-state index contributed by atoms with van der Waals surface area (Å²) in [6.07, 6.45) is 0. The molecule has 14 heavy (non-hydrogen) atoms. The Morgan fingerprint density at radius 2 is 0.714 bits per heavy atom. The summed E-state index contributed by atoms with van der Waals surface area (Å²) >= 11 is 0. The van der Waals surface area contributed by atoms with Gasteiger partial charge >= 0.3 is 0 Å². The smallest absolute Gasteiger partial charge is 0.149 e. The summed E-state index contributed by atoms with van der Waals surface area (Å²) in [5.41, 5.74) is 4.66. The zero-order chi connectivity index (χ0) is 10.3. The van der Waals surface area contributed by atoms with Gasteiger partial charge in [-0.05, 0) is 27.7 Å². The van der Waals surface area contributed by atoms with Gasteiger partial charge in [-0.15, -0.1) is 0 Å². The first-order chi connectivity index (χ1) is 6.58. The summed E-state index contributed by atoms with van der Waals surface area (Å²) in [7, 11) is 0. The minimum absolute atomic E-state index is 0.996. The monoisotopic (exact) mass is 192 g/mol. The van der Waals surface area contributed by atoms with Crippen LogP contribution in [0.4, 0.5) is 0 Å². The quantitative estimate of drug-likeness (QED) is 0.462. The molecule has 0 aromatic rings. The largest absolute Gasteiger partial charge is 0.341 e. The van der Waals surface area contributed by atoms with Gasteiger partial charge in [0.15, 0.2) is 0 Å². The Bertz CT molecular complexity index is 306. The lowest BCUT2D eigenvalue weighted by Gasteiger charge is -2.08. The third-order valence-corrected chi connectivity index (χ3v) is 2.62. The summed E-state index contributed by atoms with van der Waals surface area (Å²) in [5, 5.41) is 13.1. The van der Waals surface area contributed by atoms with E-state index in [1.807, 2.05) is 0 Å². The number of hydrogen-bond acceptors (Lipinski definition) is 4. The van der Waals surface area contributed by atoms with E-state index in [9.17, 15) is 0 Å². The van der Waals surface area contributed by atoms with Crippen LogP contribution in [0.3, 0.4) is 0 Å². The van der Waals surface area contributed by atoms with E-state index in [-0.39, 0.29) is 0 Å². The Labute approximate surface area is 84.1 Å². The van der Waals surface area contributed by atoms with Crippen molar-refractivity contribution in [3.63, 3.8) is 0 Å². The minimum Gasteiger partial charge on any atom is -0.341 e. The highest BCUT2D eigenvalue weighted by atomic mass is 15.3. The molecule has 0 bridgehead atoms. The Morgan fingerprint density at radius 1 is 0.500 bits per heavy atom. The van der Waals surface area contributed by atoms with Crippen LogP contribution in [0, 0.1) is 0 Å². The van der Waals surface area contributed by atoms with Crippen molar-refractivity contribution in [3.8, 4) is 0 Å². The van der Waals surface area contributed by atoms with E-state index >= 15 is 0 Å². The molecule has 0 aliphatic carbocycles. The number of hydrogen-bond donors (Lipinski definition) is 4. The van der Waals surface area contributed by atoms with Crippen LogP contribution in [0.15, 0.2) is 34.4 Å². The molecule has 76 valence electrons. The van der Waals surface area contributed by atoms with E-state index in [0.717, 1.165) is 11.6 Å². The molecule has 4 nitrogen and oxygen atoms in total. The predicted octanol–water partition coefficient (Wildman–Crippen LogP) is 1.00. The van der Waals surface area contributed by atoms with Crippen molar-refractivity contribution in [2.75, 3.05) is 0 Å². The third-order valence-electron chi connectivity index (χ3n) is 2.62. The molecule has 0 saturated heterocycles. The molecule has 2 aliphatic rings. The second kappa shape index (κ2) is 2.97. The van der Waals surface area contributed by atoms with Gasteiger partial charge in [-0.1, -0.05) is 0 Å². The molecule has 0 unspecified atom stereocenters. The Morgan fingerprint density at radius 3 is 0.929 bits per heavy atom. The van der Waals surface area contributed by atoms with Gasteiger partial charge in [0.1, 0.15) is 11.6 Å². The lowest BCUT2D eigenvalue weighted by Crippen LogP contribution is -2.25. The van der Waals surface area contributed by atoms with Crippen LogP contribution in [-0.2, 0) is 0 Å². The highest BCUT2D eigenvalue weighted by molar-refractivity contribution is 5.33. The average Bonchev–Trinajstić information content (AvgIpc) is 2.60. The average molecular weight is 192 g/mol. The molecule has 2 rings (SSSR count). The van der Waals surface area contributed by atoms with Crippen molar-refractivity contribution in [3.05, 3.63) is 34.4 Å². The van der Waals surface area contributed by atoms with Crippen molar-refractivity contribution >= 4 is 0 Å². The first kappa shape index (κ1) is 8.99. The fraction of sp³-hybridized carbons (Fsp3) is 0.400. The summed E-state index contributed by atoms with van der Waals surface area (Å²) in [6.45, 7) is 8.21. The zero-order valence-corrected chi connectivity index (χ0v) is 9.00. The van der Waals surface area contributed by atoms with E-state index < -0.39 is 0 Å². The molecule has 0 radical (unpaired) electrons. The van der Waals surface area contributed by atoms with Gasteiger partial charge in [-0.25, -0.2) is 0 Å². The maximum absolute atomic E-state index is 3.28. The van der Waals surface area contributed by atoms with Crippen molar-refractivity contribution < 1.29 is 0 Å². The van der Waals surface area contributed by atoms with Gasteiger partial charge in [0, 0.05) is 22.8 Å². The maximum Gasteiger partial charge on any atom is 0.149 e. The van der Waals surface area contributed by atoms with E-state index in [4.69, 9.17) is 0 Å². The van der Waals surface area contributed by atoms with E-state index in [0.29, 0.717) is 0 Å². The lowest BCUT2D eigenvalue weighted by molar-refractivity contribution is 0.815. The number of allylic oxidation sites excluding steroid dienone is 4. The Balaban J connectivity index is 2.17. The molecular weight excluding hydrogens is 176 g/mol. The van der Waals surface area contributed by atoms with Crippen LogP contribution in [-0.4, -0.2) is 0 Å². The van der Waals surface area contributed by atoms with E-state index in [1.165, 1.54) is 22.8 Å². The van der Waals surface area contributed by atoms with Gasteiger partial charge < -0.3 is 21.3 Å². The number of nitrogens with one attached hydrogen (secondary N) is 4. The Kier molecular flexibility index (Phi) is 1.91. The second-order valence-electron chi connectivity index (χ2n) is 3.75. The first-order valence-electron chi connectivity index (χ1n) is 4.75. The van der Waals surface area contributed by atoms with E-state index in [1.54, 1.807) is 0 Å². The maximum atomic E-state index is 3.28. The van der Waals surface area contributed by atoms with Crippen molar-refractivity contribution in [2.24, 2.45) is 0 Å². The molecule has 0 fully saturated rings. The predicted molar refractivity (Wildman–Crippen MR) is 56.3 cm³/mol. The molecular formula is C10H16N4. The SMILES string of the molecule is CC1=C(C)NC(=C2NC(C)=C(C)N2)N1. The summed E-state index contributed by atoms with van der Waals surface area (Å²) in [4.78, 5) is 0. The Hall–Kier alpha value is -1.58. The topological polar surface area (TPSA) is 48.1 Å². The fourth-order valence-electron chi connectivity index (χ4n) is 1.44. The van der Waals surface area contributed by atoms with Gasteiger partial charge in [-0.3, -0.25) is 0 Å². The van der Waals surface area contributed by atoms with Gasteiger partial charge in [0.25, 0.3) is 0 Å². The summed E-state index contributed by atoms with van der Waals surface area (Å²) in [6, 6.07) is 0. The molecule has 0 saturated carbocycles. The van der Waals surface area contributed by atoms with Gasteiger partial charge in [0.2, 0.25) is 0 Å². The van der Waals surface area contributed by atoms with Crippen molar-refractivity contribution in [2.45, 2.75) is 27.7 Å². The molecule has 0 aromatic heterocycles. The summed E-state index contributed by atoms with van der Waals surface area (Å²) < 4.78 is 0. The van der Waals surface area contributed by atoms with Crippen LogP contribution in [0.2, 0.25) is 0 Å². The molecule has 0 atom stereocenters. The fourth-order valence-corrected chi connectivity index (χ4v) is 1.44. The summed E-state index contributed by atoms with van der Waals surface area (Å²) in [5.74, 6) is 1.99. The standard InChI is InChI=1S/C10H16N4/c1-5-6(2)12-9(11-5)10-13-7(3)8(4)14-10/h11-14H,1-4H3. The van der Waals surface area contributed by atoms with Crippen molar-refractivity contribution in [1.82, 2.24) is 21.3 Å². The van der Waals surface area contributed by atoms with Crippen LogP contribution < -0.4 is 21.3 Å². The molecule has 4 heteroatoms. The molecule has 4 N–H and O–H groups in total. The highest BCUT2D eigenvalue weighted by Gasteiger charge is 2.19. The van der Waals surface area contributed by atoms with Crippen LogP contribution >= 0.6 is 0 Å². The van der Waals surface area contributed by atoms with Crippen LogP contribution in [0.25, 0.3) is 0 Å². The zero-order valence-electron chi connectivity index (χ0n) is 9.00. The van der Waals surface area contributed by atoms with Gasteiger partial charge in [0.05, 0.1) is 0 Å². The van der Waals surface area contributed by atoms with Crippen LogP contribution in [0.1, 0.15) is 27.7 Å². The van der Waals surface area contributed by atoms with Crippen LogP contribution in [0.5, 0.6) is 0 Å². The molecule has 0 amide bonds. The number of rotatable bonds is 0. The molecule has 0 aromatic carbocycles. The first-order valence-corrected chi connectivity index (χ1v) is 4.75. The lowest BCUT2D eigenvalue weighted by atomic mass is 10.4. The molecule has 2 heterocycles. The minimum atomic E-state index is 0.996. The van der Waals surface area contributed by atoms with Crippen molar-refractivity contribution in [1.29, 1.82) is 0 Å². The molecule has 2 aliphatic heterocycles. The van der Waals surface area contributed by atoms with E-state index in [2.05, 4.69) is 49.0 Å². The second-order valence-corrected chi connectivity index (χ2v) is 3.75.